The Hall–Kier alpha value is -5.45. The van der Waals surface area contributed by atoms with E-state index in [2.05, 4.69) is 0 Å². The van der Waals surface area contributed by atoms with E-state index in [1.54, 1.807) is 30.3 Å². The molecule has 1 saturated heterocycles. The van der Waals surface area contributed by atoms with Crippen molar-refractivity contribution in [2.24, 2.45) is 35.5 Å². The van der Waals surface area contributed by atoms with Gasteiger partial charge in [0, 0.05) is 23.3 Å². The smallest absolute Gasteiger partial charge is 0.343 e. The molecule has 1 heterocycles. The number of amides is 3. The summed E-state index contributed by atoms with van der Waals surface area (Å²) in [5, 5.41) is 12.8. The first-order valence-corrected chi connectivity index (χ1v) is 14.3. The second-order valence-electron chi connectivity index (χ2n) is 11.5. The van der Waals surface area contributed by atoms with Gasteiger partial charge in [-0.15, -0.1) is 0 Å². The summed E-state index contributed by atoms with van der Waals surface area (Å²) in [7, 11) is 0. The molecule has 0 aromatic heterocycles. The average Bonchev–Trinajstić information content (AvgIpc) is 3.83. The Labute approximate surface area is 250 Å². The number of ketones is 1. The molecular formula is C33H25N3O8. The highest BCUT2D eigenvalue weighted by atomic mass is 16.6. The van der Waals surface area contributed by atoms with Crippen molar-refractivity contribution in [3.05, 3.63) is 118 Å². The Morgan fingerprint density at radius 2 is 1.36 bits per heavy atom. The Morgan fingerprint density at radius 3 is 1.93 bits per heavy atom. The molecule has 11 heteroatoms. The number of rotatable bonds is 8. The summed E-state index contributed by atoms with van der Waals surface area (Å²) in [5.74, 6) is -3.47. The predicted molar refractivity (Wildman–Crippen MR) is 153 cm³/mol. The number of esters is 1. The highest BCUT2D eigenvalue weighted by Crippen LogP contribution is 2.65. The molecule has 4 aliphatic carbocycles. The summed E-state index contributed by atoms with van der Waals surface area (Å²) in [6.07, 6.45) is 4.99. The number of nitro groups is 1. The number of hydrazine groups is 1. The van der Waals surface area contributed by atoms with Gasteiger partial charge in [0.05, 0.1) is 22.3 Å². The van der Waals surface area contributed by atoms with E-state index in [4.69, 9.17) is 4.74 Å². The zero-order valence-electron chi connectivity index (χ0n) is 23.1. The summed E-state index contributed by atoms with van der Waals surface area (Å²) >= 11 is 0. The maximum absolute atomic E-state index is 13.8. The van der Waals surface area contributed by atoms with Crippen LogP contribution in [0.4, 0.5) is 5.69 Å². The largest absolute Gasteiger partial charge is 0.423 e. The summed E-state index contributed by atoms with van der Waals surface area (Å²) < 4.78 is 5.37. The molecule has 0 N–H and O–H groups in total. The quantitative estimate of drug-likeness (QED) is 0.0724. The van der Waals surface area contributed by atoms with Gasteiger partial charge in [0.25, 0.3) is 23.4 Å². The molecule has 2 bridgehead atoms. The van der Waals surface area contributed by atoms with Crippen LogP contribution in [0.5, 0.6) is 5.75 Å². The van der Waals surface area contributed by atoms with Crippen LogP contribution < -0.4 is 4.74 Å². The van der Waals surface area contributed by atoms with Crippen molar-refractivity contribution in [2.45, 2.75) is 6.42 Å². The van der Waals surface area contributed by atoms with Crippen molar-refractivity contribution >= 4 is 35.2 Å². The lowest BCUT2D eigenvalue weighted by Crippen LogP contribution is -2.52. The summed E-state index contributed by atoms with van der Waals surface area (Å²) in [6, 6.07) is 18.9. The minimum atomic E-state index is -0.813. The zero-order chi connectivity index (χ0) is 30.7. The van der Waals surface area contributed by atoms with Gasteiger partial charge < -0.3 is 4.74 Å². The van der Waals surface area contributed by atoms with E-state index in [9.17, 15) is 34.1 Å². The van der Waals surface area contributed by atoms with E-state index in [-0.39, 0.29) is 34.4 Å². The van der Waals surface area contributed by atoms with E-state index >= 15 is 0 Å². The third-order valence-corrected chi connectivity index (χ3v) is 9.13. The third-order valence-electron chi connectivity index (χ3n) is 9.13. The Morgan fingerprint density at radius 1 is 0.795 bits per heavy atom. The van der Waals surface area contributed by atoms with Crippen molar-refractivity contribution in [2.75, 3.05) is 6.54 Å². The highest BCUT2D eigenvalue weighted by Gasteiger charge is 2.68. The standard InChI is InChI=1S/C33H25N3O8/c37-27(18-8-12-22(13-9-18)44-33(41)20-4-2-1-3-5-20)17-34(30(38)19-6-10-21(11-7-19)36(42)43)35-31(39)28-23-14-15-24(26-16-25(23)26)29(28)32(35)40/h1-15,23-26,28-29H,16-17H2/t23-,24-,25-,26+,28-,29+/m0/s1. The van der Waals surface area contributed by atoms with Crippen molar-refractivity contribution in [3.8, 4) is 5.75 Å². The Balaban J connectivity index is 1.15. The second-order valence-corrected chi connectivity index (χ2v) is 11.5. The maximum atomic E-state index is 13.8. The number of carbonyl (C=O) groups excluding carboxylic acids is 5. The number of allylic oxidation sites excluding steroid dienone is 2. The van der Waals surface area contributed by atoms with Crippen LogP contribution in [0, 0.1) is 45.6 Å². The average molecular weight is 592 g/mol. The molecule has 0 spiro atoms. The minimum Gasteiger partial charge on any atom is -0.423 e. The number of benzene rings is 3. The summed E-state index contributed by atoms with van der Waals surface area (Å²) in [6.45, 7) is -0.633. The van der Waals surface area contributed by atoms with Gasteiger partial charge in [-0.1, -0.05) is 30.4 Å². The number of Topliss-reactive ketones (excluding diaryl/α,β-unsaturated/α-hetero) is 1. The third kappa shape index (κ3) is 4.48. The number of nitrogens with zero attached hydrogens (tertiary/aromatic N) is 3. The van der Waals surface area contributed by atoms with E-state index < -0.39 is 52.8 Å². The fourth-order valence-corrected chi connectivity index (χ4v) is 6.96. The van der Waals surface area contributed by atoms with Gasteiger partial charge in [0.2, 0.25) is 0 Å². The molecule has 1 aliphatic heterocycles. The van der Waals surface area contributed by atoms with Gasteiger partial charge in [-0.05, 0) is 78.6 Å². The first-order chi connectivity index (χ1) is 21.2. The van der Waals surface area contributed by atoms with Crippen LogP contribution in [0.2, 0.25) is 0 Å². The number of hydrogen-bond donors (Lipinski definition) is 0. The van der Waals surface area contributed by atoms with Crippen LogP contribution in [-0.4, -0.2) is 51.0 Å². The zero-order valence-corrected chi connectivity index (χ0v) is 23.1. The maximum Gasteiger partial charge on any atom is 0.343 e. The normalized spacial score (nSPS) is 25.7. The van der Waals surface area contributed by atoms with Crippen LogP contribution in [0.1, 0.15) is 37.5 Å². The van der Waals surface area contributed by atoms with Gasteiger partial charge >= 0.3 is 5.97 Å². The fraction of sp³-hybridized carbons (Fsp3) is 0.242. The van der Waals surface area contributed by atoms with Crippen molar-refractivity contribution < 1.29 is 33.6 Å². The van der Waals surface area contributed by atoms with E-state index in [1.165, 1.54) is 36.4 Å². The Bertz CT molecular complexity index is 1720. The molecule has 3 aromatic rings. The predicted octanol–water partition coefficient (Wildman–Crippen LogP) is 4.11. The molecule has 0 radical (unpaired) electrons. The van der Waals surface area contributed by atoms with E-state index in [1.807, 2.05) is 12.2 Å². The molecule has 220 valence electrons. The summed E-state index contributed by atoms with van der Waals surface area (Å²) in [4.78, 5) is 77.9. The monoisotopic (exact) mass is 591 g/mol. The molecule has 0 unspecified atom stereocenters. The first kappa shape index (κ1) is 27.4. The Kier molecular flexibility index (Phi) is 6.45. The van der Waals surface area contributed by atoms with Crippen LogP contribution >= 0.6 is 0 Å². The number of imide groups is 1. The van der Waals surface area contributed by atoms with Crippen LogP contribution in [-0.2, 0) is 9.59 Å². The van der Waals surface area contributed by atoms with E-state index in [0.29, 0.717) is 17.4 Å². The second kappa shape index (κ2) is 10.4. The number of nitro benzene ring substituents is 1. The minimum absolute atomic E-state index is 0.0222. The molecule has 44 heavy (non-hydrogen) atoms. The SMILES string of the molecule is O=C(CN(C(=O)c1ccc([N+](=O)[O-])cc1)N1C(=O)[C@@H]2[C@H]3C=C[C@@H]([C@@H]4C[C@H]34)[C@@H]2C1=O)c1ccc(OC(=O)c2ccccc2)cc1. The molecule has 5 aliphatic rings. The molecular weight excluding hydrogens is 566 g/mol. The van der Waals surface area contributed by atoms with Crippen LogP contribution in [0.25, 0.3) is 0 Å². The molecule has 3 fully saturated rings. The van der Waals surface area contributed by atoms with Gasteiger partial charge in [0.1, 0.15) is 12.3 Å². The molecule has 3 aromatic carbocycles. The topological polar surface area (TPSA) is 144 Å². The summed E-state index contributed by atoms with van der Waals surface area (Å²) in [5.41, 5.74) is 0.254. The molecule has 3 amide bonds. The number of carbonyl (C=O) groups is 5. The number of non-ortho nitro benzene ring substituents is 1. The lowest BCUT2D eigenvalue weighted by Gasteiger charge is -2.37. The molecule has 2 saturated carbocycles. The van der Waals surface area contributed by atoms with E-state index in [0.717, 1.165) is 28.6 Å². The first-order valence-electron chi connectivity index (χ1n) is 14.3. The molecule has 11 nitrogen and oxygen atoms in total. The van der Waals surface area contributed by atoms with Gasteiger partial charge in [0.15, 0.2) is 5.78 Å². The molecule has 6 atom stereocenters. The molecule has 8 rings (SSSR count). The van der Waals surface area contributed by atoms with Crippen molar-refractivity contribution in [1.82, 2.24) is 10.0 Å². The van der Waals surface area contributed by atoms with Crippen LogP contribution in [0.3, 0.4) is 0 Å². The number of hydrogen-bond acceptors (Lipinski definition) is 8. The van der Waals surface area contributed by atoms with Crippen LogP contribution in [0.15, 0.2) is 91.0 Å². The lowest BCUT2D eigenvalue weighted by atomic mass is 9.63. The fourth-order valence-electron chi connectivity index (χ4n) is 6.96. The highest BCUT2D eigenvalue weighted by molar-refractivity contribution is 6.10. The van der Waals surface area contributed by atoms with Crippen molar-refractivity contribution in [1.29, 1.82) is 0 Å². The lowest BCUT2D eigenvalue weighted by molar-refractivity contribution is -0.384. The van der Waals surface area contributed by atoms with Gasteiger partial charge in [-0.25, -0.2) is 9.80 Å². The van der Waals surface area contributed by atoms with Gasteiger partial charge in [-0.3, -0.25) is 29.3 Å². The number of ether oxygens (including phenoxy) is 1. The van der Waals surface area contributed by atoms with Crippen molar-refractivity contribution in [3.63, 3.8) is 0 Å². The van der Waals surface area contributed by atoms with Gasteiger partial charge in [-0.2, -0.15) is 5.01 Å².